The molecule has 0 fully saturated rings. The molecule has 1 heterocycles. The number of anilines is 3. The lowest BCUT2D eigenvalue weighted by molar-refractivity contribution is -0.152. The lowest BCUT2D eigenvalue weighted by Gasteiger charge is -2.32. The Morgan fingerprint density at radius 1 is 0.939 bits per heavy atom. The minimum Gasteiger partial charge on any atom is -0.452 e. The number of hydrogen-bond donors (Lipinski definition) is 1. The third kappa shape index (κ3) is 5.41. The number of carbonyl (C=O) groups excluding carboxylic acids is 2. The average molecular weight is 522 g/mol. The number of esters is 1. The van der Waals surface area contributed by atoms with Crippen LogP contribution in [0.5, 0.6) is 0 Å². The minimum atomic E-state index is -1.01. The van der Waals surface area contributed by atoms with Crippen molar-refractivity contribution >= 4 is 75.5 Å². The van der Waals surface area contributed by atoms with Crippen LogP contribution < -0.4 is 10.2 Å². The van der Waals surface area contributed by atoms with Gasteiger partial charge in [0.2, 0.25) is 0 Å². The number of hydrogen-bond acceptors (Lipinski definition) is 5. The minimum absolute atomic E-state index is 0.110. The number of carbonyl (C=O) groups is 2. The monoisotopic (exact) mass is 520 g/mol. The first-order valence-electron chi connectivity index (χ1n) is 10.1. The predicted molar refractivity (Wildman–Crippen MR) is 134 cm³/mol. The maximum atomic E-state index is 12.5. The van der Waals surface area contributed by atoms with Crippen molar-refractivity contribution in [3.63, 3.8) is 0 Å². The summed E-state index contributed by atoms with van der Waals surface area (Å²) in [6.45, 7) is 1.92. The van der Waals surface area contributed by atoms with Crippen LogP contribution in [0.25, 0.3) is 0 Å². The Labute approximate surface area is 211 Å². The van der Waals surface area contributed by atoms with Crippen molar-refractivity contribution in [2.24, 2.45) is 0 Å². The lowest BCUT2D eigenvalue weighted by atomic mass is 10.2. The Hall–Kier alpha value is -2.38. The van der Waals surface area contributed by atoms with Gasteiger partial charge in [0.25, 0.3) is 5.91 Å². The summed E-state index contributed by atoms with van der Waals surface area (Å²) in [6, 6.07) is 19.0. The van der Waals surface area contributed by atoms with Gasteiger partial charge in [-0.25, -0.2) is 0 Å². The topological polar surface area (TPSA) is 58.6 Å². The first-order valence-corrected chi connectivity index (χ1v) is 12.1. The molecule has 0 aliphatic carbocycles. The SMILES string of the molecule is CC(OC(=O)CCN1c2ccccc2Sc2ccccc21)C(=O)Nc1cc(Cl)c(Cl)cc1Cl. The van der Waals surface area contributed by atoms with Crippen molar-refractivity contribution < 1.29 is 14.3 Å². The number of halogens is 3. The van der Waals surface area contributed by atoms with Crippen LogP contribution in [0.4, 0.5) is 17.1 Å². The highest BCUT2D eigenvalue weighted by Crippen LogP contribution is 2.47. The molecule has 4 rings (SSSR count). The van der Waals surface area contributed by atoms with E-state index in [4.69, 9.17) is 39.5 Å². The van der Waals surface area contributed by atoms with E-state index in [1.54, 1.807) is 11.8 Å². The standard InChI is InChI=1S/C24H19Cl3N2O3S/c1-14(24(31)28-18-13-16(26)15(25)12-17(18)27)32-23(30)10-11-29-19-6-2-4-8-21(19)33-22-9-5-3-7-20(22)29/h2-9,12-14H,10-11H2,1H3,(H,28,31). The number of rotatable bonds is 6. The Kier molecular flexibility index (Phi) is 7.39. The molecule has 3 aromatic rings. The van der Waals surface area contributed by atoms with Crippen LogP contribution in [-0.2, 0) is 14.3 Å². The van der Waals surface area contributed by atoms with E-state index in [-0.39, 0.29) is 27.2 Å². The fraction of sp³-hybridized carbons (Fsp3) is 0.167. The largest absolute Gasteiger partial charge is 0.452 e. The van der Waals surface area contributed by atoms with Crippen molar-refractivity contribution in [2.45, 2.75) is 29.2 Å². The van der Waals surface area contributed by atoms with Gasteiger partial charge >= 0.3 is 5.97 Å². The van der Waals surface area contributed by atoms with E-state index in [9.17, 15) is 9.59 Å². The summed E-state index contributed by atoms with van der Waals surface area (Å²) in [4.78, 5) is 29.4. The van der Waals surface area contributed by atoms with Gasteiger partial charge in [0.1, 0.15) is 0 Å². The molecule has 1 unspecified atom stereocenters. The van der Waals surface area contributed by atoms with Crippen LogP contribution >= 0.6 is 46.6 Å². The fourth-order valence-corrected chi connectivity index (χ4v) is 5.08. The smallest absolute Gasteiger partial charge is 0.308 e. The van der Waals surface area contributed by atoms with E-state index < -0.39 is 18.0 Å². The van der Waals surface area contributed by atoms with Crippen molar-refractivity contribution in [3.8, 4) is 0 Å². The molecular formula is C24H19Cl3N2O3S. The molecule has 0 aromatic heterocycles. The number of para-hydroxylation sites is 2. The van der Waals surface area contributed by atoms with Gasteiger partial charge in [-0.05, 0) is 43.3 Å². The first-order chi connectivity index (χ1) is 15.8. The maximum Gasteiger partial charge on any atom is 0.308 e. The molecule has 1 atom stereocenters. The van der Waals surface area contributed by atoms with Crippen molar-refractivity contribution in [3.05, 3.63) is 75.7 Å². The lowest BCUT2D eigenvalue weighted by Crippen LogP contribution is -2.31. The predicted octanol–water partition coefficient (Wildman–Crippen LogP) is 7.21. The maximum absolute atomic E-state index is 12.5. The molecule has 1 aliphatic rings. The zero-order chi connectivity index (χ0) is 23.5. The van der Waals surface area contributed by atoms with Gasteiger partial charge in [-0.2, -0.15) is 0 Å². The van der Waals surface area contributed by atoms with Gasteiger partial charge in [-0.1, -0.05) is 70.8 Å². The van der Waals surface area contributed by atoms with E-state index in [1.807, 2.05) is 36.4 Å². The molecule has 0 saturated carbocycles. The summed E-state index contributed by atoms with van der Waals surface area (Å²) in [5.74, 6) is -1.00. The Morgan fingerprint density at radius 3 is 2.15 bits per heavy atom. The van der Waals surface area contributed by atoms with Crippen LogP contribution in [0.2, 0.25) is 15.1 Å². The van der Waals surface area contributed by atoms with Crippen LogP contribution in [0.3, 0.4) is 0 Å². The third-order valence-corrected chi connectivity index (χ3v) is 7.18. The molecule has 33 heavy (non-hydrogen) atoms. The normalized spacial score (nSPS) is 13.0. The van der Waals surface area contributed by atoms with Gasteiger partial charge in [0, 0.05) is 16.3 Å². The van der Waals surface area contributed by atoms with E-state index in [0.29, 0.717) is 6.54 Å². The Balaban J connectivity index is 1.39. The van der Waals surface area contributed by atoms with Gasteiger partial charge in [-0.15, -0.1) is 0 Å². The number of fused-ring (bicyclic) bond motifs is 2. The molecule has 0 radical (unpaired) electrons. The van der Waals surface area contributed by atoms with Crippen molar-refractivity contribution in [2.75, 3.05) is 16.8 Å². The molecule has 0 bridgehead atoms. The highest BCUT2D eigenvalue weighted by molar-refractivity contribution is 7.99. The van der Waals surface area contributed by atoms with Crippen LogP contribution in [-0.4, -0.2) is 24.5 Å². The zero-order valence-electron chi connectivity index (χ0n) is 17.5. The summed E-state index contributed by atoms with van der Waals surface area (Å²) in [5.41, 5.74) is 2.36. The van der Waals surface area contributed by atoms with E-state index in [2.05, 4.69) is 22.3 Å². The fourth-order valence-electron chi connectivity index (χ4n) is 3.39. The zero-order valence-corrected chi connectivity index (χ0v) is 20.6. The highest BCUT2D eigenvalue weighted by atomic mass is 35.5. The van der Waals surface area contributed by atoms with E-state index >= 15 is 0 Å². The van der Waals surface area contributed by atoms with Gasteiger partial charge in [-0.3, -0.25) is 9.59 Å². The number of nitrogens with one attached hydrogen (secondary N) is 1. The number of nitrogens with zero attached hydrogens (tertiary/aromatic N) is 1. The van der Waals surface area contributed by atoms with Gasteiger partial charge < -0.3 is 15.0 Å². The molecule has 3 aromatic carbocycles. The van der Waals surface area contributed by atoms with E-state index in [0.717, 1.165) is 21.2 Å². The number of ether oxygens (including phenoxy) is 1. The quantitative estimate of drug-likeness (QED) is 0.274. The van der Waals surface area contributed by atoms with Crippen molar-refractivity contribution in [1.82, 2.24) is 0 Å². The summed E-state index contributed by atoms with van der Waals surface area (Å²) >= 11 is 19.7. The molecular weight excluding hydrogens is 503 g/mol. The second kappa shape index (κ2) is 10.3. The number of benzene rings is 3. The summed E-state index contributed by atoms with van der Waals surface area (Å²) < 4.78 is 5.36. The number of amides is 1. The molecule has 0 saturated heterocycles. The third-order valence-electron chi connectivity index (χ3n) is 5.02. The van der Waals surface area contributed by atoms with Crippen molar-refractivity contribution in [1.29, 1.82) is 0 Å². The second-order valence-corrected chi connectivity index (χ2v) is 9.61. The summed E-state index contributed by atoms with van der Waals surface area (Å²) in [6.07, 6.45) is -0.905. The summed E-state index contributed by atoms with van der Waals surface area (Å²) in [7, 11) is 0. The Bertz CT molecular complexity index is 1180. The Morgan fingerprint density at radius 2 is 1.52 bits per heavy atom. The van der Waals surface area contributed by atoms with E-state index in [1.165, 1.54) is 19.1 Å². The van der Waals surface area contributed by atoms with Crippen LogP contribution in [0.1, 0.15) is 13.3 Å². The highest BCUT2D eigenvalue weighted by Gasteiger charge is 2.25. The molecule has 5 nitrogen and oxygen atoms in total. The van der Waals surface area contributed by atoms with Gasteiger partial charge in [0.15, 0.2) is 6.10 Å². The van der Waals surface area contributed by atoms with Crippen LogP contribution in [0.15, 0.2) is 70.5 Å². The first kappa shape index (κ1) is 23.8. The second-order valence-electron chi connectivity index (χ2n) is 7.31. The molecule has 1 N–H and O–H groups in total. The molecule has 1 amide bonds. The van der Waals surface area contributed by atoms with Gasteiger partial charge in [0.05, 0.1) is 38.6 Å². The summed E-state index contributed by atoms with van der Waals surface area (Å²) in [5, 5.41) is 3.37. The molecule has 0 spiro atoms. The molecule has 9 heteroatoms. The molecule has 1 aliphatic heterocycles. The molecule has 170 valence electrons. The van der Waals surface area contributed by atoms with Crippen LogP contribution in [0, 0.1) is 0 Å². The average Bonchev–Trinajstić information content (AvgIpc) is 2.80.